The van der Waals surface area contributed by atoms with Gasteiger partial charge in [-0.1, -0.05) is 41.9 Å². The third kappa shape index (κ3) is 4.50. The van der Waals surface area contributed by atoms with Crippen molar-refractivity contribution in [1.82, 2.24) is 0 Å². The number of halogens is 9. The van der Waals surface area contributed by atoms with E-state index in [4.69, 9.17) is 28.1 Å². The minimum Gasteiger partial charge on any atom is -0.465 e. The predicted molar refractivity (Wildman–Crippen MR) is 114 cm³/mol. The third-order valence-electron chi connectivity index (χ3n) is 5.08. The van der Waals surface area contributed by atoms with E-state index in [0.29, 0.717) is 15.9 Å². The molecular formula is C22H12Cl2F7NO3. The molecule has 0 saturated carbocycles. The maximum Gasteiger partial charge on any atom is 0.435 e. The van der Waals surface area contributed by atoms with Gasteiger partial charge in [-0.25, -0.2) is 13.6 Å². The van der Waals surface area contributed by atoms with Gasteiger partial charge in [-0.15, -0.1) is 0 Å². The molecule has 0 aliphatic rings. The number of hydrogen-bond donors (Lipinski definition) is 0. The normalized spacial score (nSPS) is 12.5. The Morgan fingerprint density at radius 1 is 0.829 bits per heavy atom. The summed E-state index contributed by atoms with van der Waals surface area (Å²) in [5.74, 6) is -1.67. The van der Waals surface area contributed by atoms with Crippen molar-refractivity contribution in [3.8, 4) is 0 Å². The van der Waals surface area contributed by atoms with Crippen LogP contribution in [0.5, 0.6) is 0 Å². The Bertz CT molecular complexity index is 1290. The number of methoxy groups -OCH3 is 1. The summed E-state index contributed by atoms with van der Waals surface area (Å²) in [4.78, 5) is 25.1. The smallest absolute Gasteiger partial charge is 0.435 e. The second kappa shape index (κ2) is 9.19. The standard InChI is InChI=1S/C22H12Cl2F7NO3/c1-35-19(34)15-8-7-14(12-4-2-3-5-13(12)15)18(33)32(24)17-9-6-11(10-16(17)23)20(25,21(26,27)28)22(29,30)31/h2-10H,1H3. The molecular weight excluding hydrogens is 530 g/mol. The van der Waals surface area contributed by atoms with Gasteiger partial charge >= 0.3 is 24.0 Å². The zero-order valence-corrected chi connectivity index (χ0v) is 18.8. The first-order chi connectivity index (χ1) is 16.1. The number of amides is 1. The number of alkyl halides is 7. The van der Waals surface area contributed by atoms with Crippen LogP contribution in [0, 0.1) is 0 Å². The summed E-state index contributed by atoms with van der Waals surface area (Å²) < 4.78 is 97.5. The van der Waals surface area contributed by atoms with Crippen LogP contribution in [0.4, 0.5) is 36.4 Å². The number of benzene rings is 3. The Morgan fingerprint density at radius 3 is 1.83 bits per heavy atom. The number of hydrogen-bond acceptors (Lipinski definition) is 3. The Hall–Kier alpha value is -3.05. The van der Waals surface area contributed by atoms with E-state index in [-0.39, 0.29) is 28.6 Å². The van der Waals surface area contributed by atoms with Crippen LogP contribution in [-0.4, -0.2) is 31.3 Å². The van der Waals surface area contributed by atoms with Crippen LogP contribution in [0.2, 0.25) is 5.02 Å². The van der Waals surface area contributed by atoms with E-state index >= 15 is 0 Å². The van der Waals surface area contributed by atoms with Crippen molar-refractivity contribution in [2.75, 3.05) is 11.5 Å². The molecule has 0 N–H and O–H groups in total. The first-order valence-corrected chi connectivity index (χ1v) is 10.1. The zero-order valence-electron chi connectivity index (χ0n) is 17.3. The maximum absolute atomic E-state index is 14.3. The summed E-state index contributed by atoms with van der Waals surface area (Å²) in [6, 6.07) is 9.48. The number of carbonyl (C=O) groups excluding carboxylic acids is 2. The van der Waals surface area contributed by atoms with Crippen LogP contribution in [-0.2, 0) is 10.4 Å². The molecule has 3 aromatic carbocycles. The van der Waals surface area contributed by atoms with Gasteiger partial charge in [-0.05, 0) is 35.0 Å². The third-order valence-corrected chi connectivity index (χ3v) is 5.71. The Balaban J connectivity index is 2.07. The van der Waals surface area contributed by atoms with Gasteiger partial charge in [-0.3, -0.25) is 4.79 Å². The molecule has 0 heterocycles. The van der Waals surface area contributed by atoms with Crippen molar-refractivity contribution in [2.45, 2.75) is 18.0 Å². The number of nitrogens with zero attached hydrogens (tertiary/aromatic N) is 1. The molecule has 4 nitrogen and oxygen atoms in total. The van der Waals surface area contributed by atoms with Crippen molar-refractivity contribution >= 4 is 51.7 Å². The molecule has 35 heavy (non-hydrogen) atoms. The summed E-state index contributed by atoms with van der Waals surface area (Å²) in [5, 5.41) is -0.290. The summed E-state index contributed by atoms with van der Waals surface area (Å²) in [7, 11) is 1.16. The van der Waals surface area contributed by atoms with Crippen molar-refractivity contribution in [2.24, 2.45) is 0 Å². The first-order valence-electron chi connectivity index (χ1n) is 9.37. The van der Waals surface area contributed by atoms with Crippen LogP contribution in [0.15, 0.2) is 54.6 Å². The highest BCUT2D eigenvalue weighted by molar-refractivity contribution is 6.43. The van der Waals surface area contributed by atoms with E-state index in [2.05, 4.69) is 0 Å². The molecule has 186 valence electrons. The van der Waals surface area contributed by atoms with E-state index in [0.717, 1.165) is 7.11 Å². The Morgan fingerprint density at radius 2 is 1.34 bits per heavy atom. The Labute approximate surface area is 202 Å². The van der Waals surface area contributed by atoms with Crippen LogP contribution in [0.25, 0.3) is 10.8 Å². The van der Waals surface area contributed by atoms with Gasteiger partial charge in [0.15, 0.2) is 0 Å². The molecule has 0 radical (unpaired) electrons. The molecule has 0 spiro atoms. The SMILES string of the molecule is COC(=O)c1ccc(C(=O)N(Cl)c2ccc(C(F)(C(F)(F)F)C(F)(F)F)cc2Cl)c2ccccc12. The van der Waals surface area contributed by atoms with Crippen LogP contribution < -0.4 is 4.42 Å². The van der Waals surface area contributed by atoms with Gasteiger partial charge in [0.2, 0.25) is 0 Å². The topological polar surface area (TPSA) is 46.6 Å². The zero-order chi connectivity index (χ0) is 26.3. The number of carbonyl (C=O) groups is 2. The summed E-state index contributed by atoms with van der Waals surface area (Å²) >= 11 is 11.9. The van der Waals surface area contributed by atoms with Crippen LogP contribution in [0.3, 0.4) is 0 Å². The van der Waals surface area contributed by atoms with E-state index in [1.165, 1.54) is 24.3 Å². The van der Waals surface area contributed by atoms with Gasteiger partial charge in [0.05, 0.1) is 23.4 Å². The van der Waals surface area contributed by atoms with Gasteiger partial charge in [0, 0.05) is 22.9 Å². The molecule has 0 atom stereocenters. The molecule has 0 unspecified atom stereocenters. The average molecular weight is 542 g/mol. The minimum absolute atomic E-state index is 0.0752. The molecule has 0 aromatic heterocycles. The van der Waals surface area contributed by atoms with Gasteiger partial charge in [0.25, 0.3) is 5.91 Å². The molecule has 3 rings (SSSR count). The van der Waals surface area contributed by atoms with E-state index in [9.17, 15) is 40.3 Å². The van der Waals surface area contributed by atoms with E-state index in [1.54, 1.807) is 12.1 Å². The molecule has 0 saturated heterocycles. The number of anilines is 1. The number of ether oxygens (including phenoxy) is 1. The van der Waals surface area contributed by atoms with Crippen molar-refractivity contribution in [3.05, 3.63) is 76.3 Å². The van der Waals surface area contributed by atoms with Crippen LogP contribution in [0.1, 0.15) is 26.3 Å². The highest BCUT2D eigenvalue weighted by atomic mass is 35.5. The van der Waals surface area contributed by atoms with E-state index in [1.807, 2.05) is 0 Å². The monoisotopic (exact) mass is 541 g/mol. The van der Waals surface area contributed by atoms with Crippen molar-refractivity contribution in [3.63, 3.8) is 0 Å². The number of esters is 1. The summed E-state index contributed by atoms with van der Waals surface area (Å²) in [6.45, 7) is 0. The van der Waals surface area contributed by atoms with Crippen LogP contribution >= 0.6 is 23.4 Å². The number of fused-ring (bicyclic) bond motifs is 1. The summed E-state index contributed by atoms with van der Waals surface area (Å²) in [6.07, 6.45) is -12.7. The fourth-order valence-electron chi connectivity index (χ4n) is 3.36. The number of rotatable bonds is 4. The molecule has 0 bridgehead atoms. The van der Waals surface area contributed by atoms with Gasteiger partial charge in [0.1, 0.15) is 0 Å². The highest BCUT2D eigenvalue weighted by Crippen LogP contribution is 2.54. The van der Waals surface area contributed by atoms with Crippen molar-refractivity contribution in [1.29, 1.82) is 0 Å². The van der Waals surface area contributed by atoms with Gasteiger partial charge in [-0.2, -0.15) is 26.3 Å². The average Bonchev–Trinajstić information content (AvgIpc) is 2.79. The molecule has 0 aliphatic heterocycles. The minimum atomic E-state index is -6.34. The summed E-state index contributed by atoms with van der Waals surface area (Å²) in [5.41, 5.74) is -7.99. The fraction of sp³-hybridized carbons (Fsp3) is 0.182. The molecule has 13 heteroatoms. The van der Waals surface area contributed by atoms with Gasteiger partial charge < -0.3 is 4.74 Å². The molecule has 3 aromatic rings. The lowest BCUT2D eigenvalue weighted by Gasteiger charge is -2.30. The lowest BCUT2D eigenvalue weighted by Crippen LogP contribution is -2.50. The molecule has 0 aliphatic carbocycles. The second-order valence-corrected chi connectivity index (χ2v) is 7.85. The molecule has 1 amide bonds. The second-order valence-electron chi connectivity index (χ2n) is 7.10. The Kier molecular flexibility index (Phi) is 6.98. The largest absolute Gasteiger partial charge is 0.465 e. The van der Waals surface area contributed by atoms with E-state index < -0.39 is 46.2 Å². The lowest BCUT2D eigenvalue weighted by atomic mass is 9.94. The van der Waals surface area contributed by atoms with Crippen molar-refractivity contribution < 1.29 is 45.1 Å². The highest BCUT2D eigenvalue weighted by Gasteiger charge is 2.73. The maximum atomic E-state index is 14.3. The first kappa shape index (κ1) is 26.6. The quantitative estimate of drug-likeness (QED) is 0.197. The predicted octanol–water partition coefficient (Wildman–Crippen LogP) is 7.37. The fourth-order valence-corrected chi connectivity index (χ4v) is 3.90. The molecule has 0 fully saturated rings. The lowest BCUT2D eigenvalue weighted by molar-refractivity contribution is -0.348.